The molecule has 0 aliphatic heterocycles. The zero-order valence-corrected chi connectivity index (χ0v) is 12.9. The fourth-order valence-corrected chi connectivity index (χ4v) is 2.64. The Balaban J connectivity index is 2.08. The Labute approximate surface area is 123 Å². The molecule has 0 aromatic heterocycles. The summed E-state index contributed by atoms with van der Waals surface area (Å²) in [5, 5.41) is 0. The molecule has 1 aliphatic rings. The van der Waals surface area contributed by atoms with Crippen molar-refractivity contribution in [1.82, 2.24) is 4.90 Å². The zero-order chi connectivity index (χ0) is 13.8. The third-order valence-corrected chi connectivity index (χ3v) is 4.26. The van der Waals surface area contributed by atoms with Crippen molar-refractivity contribution in [3.8, 4) is 0 Å². The Kier molecular flexibility index (Phi) is 4.99. The van der Waals surface area contributed by atoms with Crippen LogP contribution in [0.4, 0.5) is 0 Å². The SMILES string of the molecule is CCC[C@@H](N)C(=O)N(Cc1ccccc1Br)C1CC1. The summed E-state index contributed by atoms with van der Waals surface area (Å²) in [5.41, 5.74) is 7.13. The van der Waals surface area contributed by atoms with Crippen LogP contribution in [0.25, 0.3) is 0 Å². The maximum atomic E-state index is 12.4. The largest absolute Gasteiger partial charge is 0.334 e. The average molecular weight is 325 g/mol. The lowest BCUT2D eigenvalue weighted by Gasteiger charge is -2.26. The van der Waals surface area contributed by atoms with Gasteiger partial charge in [-0.3, -0.25) is 4.79 Å². The highest BCUT2D eigenvalue weighted by Crippen LogP contribution is 2.30. The summed E-state index contributed by atoms with van der Waals surface area (Å²) in [6.07, 6.45) is 3.92. The van der Waals surface area contributed by atoms with Crippen LogP contribution in [-0.4, -0.2) is 22.9 Å². The summed E-state index contributed by atoms with van der Waals surface area (Å²) < 4.78 is 1.05. The monoisotopic (exact) mass is 324 g/mol. The molecule has 1 fully saturated rings. The lowest BCUT2D eigenvalue weighted by atomic mass is 10.1. The molecule has 0 heterocycles. The van der Waals surface area contributed by atoms with E-state index in [1.807, 2.05) is 23.1 Å². The molecule has 4 heteroatoms. The Morgan fingerprint density at radius 3 is 2.74 bits per heavy atom. The molecule has 2 rings (SSSR count). The van der Waals surface area contributed by atoms with Gasteiger partial charge >= 0.3 is 0 Å². The second-order valence-corrected chi connectivity index (χ2v) is 6.04. The molecule has 0 unspecified atom stereocenters. The molecular formula is C15H21BrN2O. The van der Waals surface area contributed by atoms with Crippen LogP contribution >= 0.6 is 15.9 Å². The van der Waals surface area contributed by atoms with E-state index in [9.17, 15) is 4.79 Å². The van der Waals surface area contributed by atoms with Gasteiger partial charge in [0.25, 0.3) is 0 Å². The zero-order valence-electron chi connectivity index (χ0n) is 11.3. The maximum Gasteiger partial charge on any atom is 0.240 e. The molecule has 3 nitrogen and oxygen atoms in total. The van der Waals surface area contributed by atoms with E-state index < -0.39 is 0 Å². The van der Waals surface area contributed by atoms with E-state index in [4.69, 9.17) is 5.73 Å². The summed E-state index contributed by atoms with van der Waals surface area (Å²) in [5.74, 6) is 0.0973. The highest BCUT2D eigenvalue weighted by atomic mass is 79.9. The van der Waals surface area contributed by atoms with Gasteiger partial charge in [0.15, 0.2) is 0 Å². The van der Waals surface area contributed by atoms with Gasteiger partial charge in [-0.15, -0.1) is 0 Å². The topological polar surface area (TPSA) is 46.3 Å². The minimum absolute atomic E-state index is 0.0973. The number of hydrogen-bond donors (Lipinski definition) is 1. The van der Waals surface area contributed by atoms with Crippen LogP contribution < -0.4 is 5.73 Å². The van der Waals surface area contributed by atoms with Crippen molar-refractivity contribution < 1.29 is 4.79 Å². The number of carbonyl (C=O) groups excluding carboxylic acids is 1. The molecule has 1 saturated carbocycles. The van der Waals surface area contributed by atoms with Crippen molar-refractivity contribution in [2.75, 3.05) is 0 Å². The molecule has 1 aliphatic carbocycles. The number of carbonyl (C=O) groups is 1. The Hall–Kier alpha value is -0.870. The first kappa shape index (κ1) is 14.5. The van der Waals surface area contributed by atoms with E-state index in [2.05, 4.69) is 28.9 Å². The third kappa shape index (κ3) is 3.80. The average Bonchev–Trinajstić information content (AvgIpc) is 3.21. The second-order valence-electron chi connectivity index (χ2n) is 5.18. The number of hydrogen-bond acceptors (Lipinski definition) is 2. The minimum atomic E-state index is -0.354. The first-order valence-electron chi connectivity index (χ1n) is 6.93. The molecule has 1 atom stereocenters. The normalized spacial score (nSPS) is 16.2. The fourth-order valence-electron chi connectivity index (χ4n) is 2.23. The van der Waals surface area contributed by atoms with E-state index in [0.29, 0.717) is 12.6 Å². The van der Waals surface area contributed by atoms with Crippen LogP contribution in [0.2, 0.25) is 0 Å². The van der Waals surface area contributed by atoms with Gasteiger partial charge in [-0.1, -0.05) is 47.5 Å². The highest BCUT2D eigenvalue weighted by molar-refractivity contribution is 9.10. The molecule has 0 bridgehead atoms. The van der Waals surface area contributed by atoms with Gasteiger partial charge in [0.05, 0.1) is 6.04 Å². The van der Waals surface area contributed by atoms with Gasteiger partial charge in [0.2, 0.25) is 5.91 Å². The van der Waals surface area contributed by atoms with Crippen LogP contribution in [0.15, 0.2) is 28.7 Å². The number of amides is 1. The van der Waals surface area contributed by atoms with Gasteiger partial charge in [-0.2, -0.15) is 0 Å². The third-order valence-electron chi connectivity index (χ3n) is 3.49. The molecule has 0 saturated heterocycles. The van der Waals surface area contributed by atoms with Crippen molar-refractivity contribution in [2.45, 2.75) is 51.2 Å². The van der Waals surface area contributed by atoms with Crippen molar-refractivity contribution in [3.63, 3.8) is 0 Å². The Morgan fingerprint density at radius 2 is 2.16 bits per heavy atom. The smallest absolute Gasteiger partial charge is 0.240 e. The molecule has 1 amide bonds. The van der Waals surface area contributed by atoms with Crippen molar-refractivity contribution in [1.29, 1.82) is 0 Å². The van der Waals surface area contributed by atoms with E-state index in [1.54, 1.807) is 0 Å². The molecule has 2 N–H and O–H groups in total. The summed E-state index contributed by atoms with van der Waals surface area (Å²) >= 11 is 3.54. The predicted octanol–water partition coefficient (Wildman–Crippen LogP) is 3.07. The van der Waals surface area contributed by atoms with Crippen LogP contribution in [0.5, 0.6) is 0 Å². The van der Waals surface area contributed by atoms with E-state index in [1.165, 1.54) is 0 Å². The Morgan fingerprint density at radius 1 is 1.47 bits per heavy atom. The molecule has 1 aromatic rings. The summed E-state index contributed by atoms with van der Waals surface area (Å²) in [7, 11) is 0. The number of benzene rings is 1. The highest BCUT2D eigenvalue weighted by Gasteiger charge is 2.34. The van der Waals surface area contributed by atoms with Crippen LogP contribution in [0.3, 0.4) is 0 Å². The van der Waals surface area contributed by atoms with Crippen molar-refractivity contribution >= 4 is 21.8 Å². The molecular weight excluding hydrogens is 304 g/mol. The molecule has 0 radical (unpaired) electrons. The van der Waals surface area contributed by atoms with Gasteiger partial charge in [-0.05, 0) is 30.9 Å². The van der Waals surface area contributed by atoms with Crippen molar-refractivity contribution in [2.24, 2.45) is 5.73 Å². The van der Waals surface area contributed by atoms with Crippen molar-refractivity contribution in [3.05, 3.63) is 34.3 Å². The van der Waals surface area contributed by atoms with Crippen LogP contribution in [-0.2, 0) is 11.3 Å². The van der Waals surface area contributed by atoms with Gasteiger partial charge in [0, 0.05) is 17.1 Å². The van der Waals surface area contributed by atoms with E-state index >= 15 is 0 Å². The lowest BCUT2D eigenvalue weighted by Crippen LogP contribution is -2.44. The number of nitrogens with two attached hydrogens (primary N) is 1. The molecule has 0 spiro atoms. The van der Waals surface area contributed by atoms with E-state index in [-0.39, 0.29) is 11.9 Å². The predicted molar refractivity (Wildman–Crippen MR) is 80.6 cm³/mol. The molecule has 1 aromatic carbocycles. The van der Waals surface area contributed by atoms with Gasteiger partial charge in [-0.25, -0.2) is 0 Å². The summed E-state index contributed by atoms with van der Waals surface area (Å²) in [6.45, 7) is 2.71. The fraction of sp³-hybridized carbons (Fsp3) is 0.533. The number of rotatable bonds is 6. The minimum Gasteiger partial charge on any atom is -0.334 e. The first-order valence-corrected chi connectivity index (χ1v) is 7.72. The van der Waals surface area contributed by atoms with Gasteiger partial charge in [0.1, 0.15) is 0 Å². The second kappa shape index (κ2) is 6.53. The maximum absolute atomic E-state index is 12.4. The Bertz CT molecular complexity index is 446. The number of nitrogens with zero attached hydrogens (tertiary/aromatic N) is 1. The number of halogens is 1. The molecule has 19 heavy (non-hydrogen) atoms. The summed E-state index contributed by atoms with van der Waals surface area (Å²) in [4.78, 5) is 14.4. The molecule has 104 valence electrons. The first-order chi connectivity index (χ1) is 9.13. The van der Waals surface area contributed by atoms with Crippen LogP contribution in [0.1, 0.15) is 38.2 Å². The van der Waals surface area contributed by atoms with Gasteiger partial charge < -0.3 is 10.6 Å². The quantitative estimate of drug-likeness (QED) is 0.874. The lowest BCUT2D eigenvalue weighted by molar-refractivity contribution is -0.134. The van der Waals surface area contributed by atoms with E-state index in [0.717, 1.165) is 35.7 Å². The van der Waals surface area contributed by atoms with Crippen LogP contribution in [0, 0.1) is 0 Å². The summed E-state index contributed by atoms with van der Waals surface area (Å²) in [6, 6.07) is 8.09. The standard InChI is InChI=1S/C15H21BrN2O/c1-2-5-14(17)15(19)18(12-8-9-12)10-11-6-3-4-7-13(11)16/h3-4,6-7,12,14H,2,5,8-10,17H2,1H3/t14-/m1/s1.